The first-order valence-electron chi connectivity index (χ1n) is 10.8. The number of carboxylic acids is 2. The number of carbonyl (C=O) groups is 2. The number of benzene rings is 2. The van der Waals surface area contributed by atoms with Gasteiger partial charge in [-0.15, -0.1) is 0 Å². The first-order valence-corrected chi connectivity index (χ1v) is 11.2. The Morgan fingerprint density at radius 3 is 2.28 bits per heavy atom. The largest absolute Gasteiger partial charge is 0.506 e. The summed E-state index contributed by atoms with van der Waals surface area (Å²) in [6.45, 7) is 0. The highest BCUT2D eigenvalue weighted by atomic mass is 32.1. The number of furan rings is 1. The minimum absolute atomic E-state index is 0.0281. The molecule has 1 aliphatic rings. The van der Waals surface area contributed by atoms with E-state index in [1.807, 2.05) is 12.1 Å². The summed E-state index contributed by atoms with van der Waals surface area (Å²) < 4.78 is 6.18. The molecule has 9 nitrogen and oxygen atoms in total. The fourth-order valence-electron chi connectivity index (χ4n) is 4.25. The zero-order valence-corrected chi connectivity index (χ0v) is 19.3. The van der Waals surface area contributed by atoms with E-state index in [0.717, 1.165) is 6.07 Å². The van der Waals surface area contributed by atoms with Crippen molar-refractivity contribution < 1.29 is 29.3 Å². The van der Waals surface area contributed by atoms with Crippen LogP contribution in [0, 0.1) is 0 Å². The molecule has 0 saturated carbocycles. The zero-order valence-electron chi connectivity index (χ0n) is 18.5. The van der Waals surface area contributed by atoms with Gasteiger partial charge in [0.25, 0.3) is 0 Å². The van der Waals surface area contributed by atoms with Gasteiger partial charge in [-0.05, 0) is 66.8 Å². The molecule has 10 heteroatoms. The Balaban J connectivity index is 1.63. The second-order valence-corrected chi connectivity index (χ2v) is 8.48. The van der Waals surface area contributed by atoms with Gasteiger partial charge in [0, 0.05) is 11.8 Å². The third-order valence-electron chi connectivity index (χ3n) is 5.87. The molecule has 36 heavy (non-hydrogen) atoms. The van der Waals surface area contributed by atoms with Crippen LogP contribution >= 0.6 is 12.2 Å². The Labute approximate surface area is 210 Å². The normalized spacial score (nSPS) is 17.1. The summed E-state index contributed by atoms with van der Waals surface area (Å²) in [7, 11) is 0. The van der Waals surface area contributed by atoms with Crippen molar-refractivity contribution in [1.29, 1.82) is 0 Å². The molecule has 4 N–H and O–H groups in total. The summed E-state index contributed by atoms with van der Waals surface area (Å²) in [6.07, 6.45) is 1.66. The minimum Gasteiger partial charge on any atom is -0.506 e. The summed E-state index contributed by atoms with van der Waals surface area (Å²) >= 11 is 5.63. The van der Waals surface area contributed by atoms with Crippen molar-refractivity contribution in [1.82, 2.24) is 10.3 Å². The van der Waals surface area contributed by atoms with Crippen molar-refractivity contribution in [2.75, 3.05) is 4.90 Å². The third kappa shape index (κ3) is 4.14. The van der Waals surface area contributed by atoms with E-state index in [1.165, 1.54) is 12.1 Å². The smallest absolute Gasteiger partial charge is 0.335 e. The molecular weight excluding hydrogens is 482 g/mol. The Bertz CT molecular complexity index is 1450. The van der Waals surface area contributed by atoms with Crippen molar-refractivity contribution in [2.45, 2.75) is 12.1 Å². The average Bonchev–Trinajstić information content (AvgIpc) is 3.49. The predicted molar refractivity (Wildman–Crippen MR) is 134 cm³/mol. The summed E-state index contributed by atoms with van der Waals surface area (Å²) in [5, 5.41) is 33.1. The molecule has 180 valence electrons. The number of thiocarbonyl (C=S) groups is 1. The molecule has 0 spiro atoms. The fourth-order valence-corrected chi connectivity index (χ4v) is 4.59. The number of phenolic OH excluding ortho intramolecular Hbond substituents is 1. The number of nitrogens with one attached hydrogen (secondary N) is 1. The maximum atomic E-state index is 11.6. The van der Waals surface area contributed by atoms with Crippen LogP contribution in [0.1, 0.15) is 44.3 Å². The van der Waals surface area contributed by atoms with Crippen LogP contribution in [-0.4, -0.2) is 37.4 Å². The van der Waals surface area contributed by atoms with Gasteiger partial charge < -0.3 is 30.0 Å². The molecule has 0 aliphatic carbocycles. The number of nitrogens with zero attached hydrogens (tertiary/aromatic N) is 2. The zero-order chi connectivity index (χ0) is 25.4. The number of anilines is 1. The lowest BCUT2D eigenvalue weighted by Crippen LogP contribution is -2.29. The predicted octanol–water partition coefficient (Wildman–Crippen LogP) is 4.62. The topological polar surface area (TPSA) is 136 Å². The Morgan fingerprint density at radius 2 is 1.64 bits per heavy atom. The van der Waals surface area contributed by atoms with Gasteiger partial charge >= 0.3 is 11.9 Å². The maximum absolute atomic E-state index is 11.6. The van der Waals surface area contributed by atoms with Crippen molar-refractivity contribution in [2.24, 2.45) is 0 Å². The Morgan fingerprint density at radius 1 is 0.944 bits per heavy atom. The van der Waals surface area contributed by atoms with E-state index in [0.29, 0.717) is 27.8 Å². The van der Waals surface area contributed by atoms with Gasteiger partial charge in [-0.25, -0.2) is 9.59 Å². The van der Waals surface area contributed by atoms with E-state index in [4.69, 9.17) is 16.6 Å². The van der Waals surface area contributed by atoms with E-state index in [-0.39, 0.29) is 22.6 Å². The van der Waals surface area contributed by atoms with Crippen LogP contribution in [-0.2, 0) is 0 Å². The molecule has 2 unspecified atom stereocenters. The average molecular weight is 502 g/mol. The lowest BCUT2D eigenvalue weighted by atomic mass is 10.0. The van der Waals surface area contributed by atoms with Gasteiger partial charge in [-0.1, -0.05) is 18.2 Å². The van der Waals surface area contributed by atoms with Crippen LogP contribution in [0.2, 0.25) is 0 Å². The van der Waals surface area contributed by atoms with Crippen LogP contribution in [0.15, 0.2) is 83.4 Å². The number of hydrogen-bond acceptors (Lipinski definition) is 6. The maximum Gasteiger partial charge on any atom is 0.335 e. The summed E-state index contributed by atoms with van der Waals surface area (Å²) in [4.78, 5) is 29.3. The molecule has 1 fully saturated rings. The number of para-hydroxylation sites is 2. The molecule has 1 aliphatic heterocycles. The molecule has 2 aromatic heterocycles. The first kappa shape index (κ1) is 23.1. The van der Waals surface area contributed by atoms with E-state index in [9.17, 15) is 24.9 Å². The van der Waals surface area contributed by atoms with E-state index in [1.54, 1.807) is 53.6 Å². The summed E-state index contributed by atoms with van der Waals surface area (Å²) in [5.41, 5.74) is 1.12. The van der Waals surface area contributed by atoms with Gasteiger partial charge in [0.15, 0.2) is 5.11 Å². The first-order chi connectivity index (χ1) is 17.3. The highest BCUT2D eigenvalue weighted by Crippen LogP contribution is 2.45. The summed E-state index contributed by atoms with van der Waals surface area (Å²) in [5.74, 6) is -1.74. The third-order valence-corrected chi connectivity index (χ3v) is 6.18. The lowest BCUT2D eigenvalue weighted by molar-refractivity contribution is 0.0696. The SMILES string of the molecule is O=C(O)c1cc(C(=O)O)cc(-c2ccc(C3C(c4ccccn4)NC(=S)N3c3ccccc3O)o2)c1. The van der Waals surface area contributed by atoms with Crippen LogP contribution in [0.5, 0.6) is 5.75 Å². The number of hydrogen-bond donors (Lipinski definition) is 4. The van der Waals surface area contributed by atoms with E-state index >= 15 is 0 Å². The van der Waals surface area contributed by atoms with Gasteiger partial charge in [0.2, 0.25) is 0 Å². The van der Waals surface area contributed by atoms with Crippen molar-refractivity contribution in [3.63, 3.8) is 0 Å². The van der Waals surface area contributed by atoms with Crippen LogP contribution in [0.3, 0.4) is 0 Å². The number of carboxylic acid groups (broad SMARTS) is 2. The molecule has 5 rings (SSSR count). The van der Waals surface area contributed by atoms with Gasteiger partial charge in [0.05, 0.1) is 28.6 Å². The molecule has 3 heterocycles. The standard InChI is InChI=1S/C26H19N3O6S/c30-19-7-2-1-6-18(19)29-23(22(28-26(29)36)17-5-3-4-10-27-17)21-9-8-20(35-21)14-11-15(24(31)32)13-16(12-14)25(33)34/h1-13,22-23,30H,(H,28,36)(H,31,32)(H,33,34). The fraction of sp³-hybridized carbons (Fsp3) is 0.0769. The van der Waals surface area contributed by atoms with Crippen molar-refractivity contribution in [3.05, 3.63) is 102 Å². The monoisotopic (exact) mass is 501 g/mol. The van der Waals surface area contributed by atoms with Gasteiger partial charge in [-0.2, -0.15) is 0 Å². The number of pyridine rings is 1. The molecule has 0 bridgehead atoms. The van der Waals surface area contributed by atoms with Crippen molar-refractivity contribution in [3.8, 4) is 17.1 Å². The van der Waals surface area contributed by atoms with Crippen molar-refractivity contribution >= 4 is 35.0 Å². The number of rotatable bonds is 6. The number of aromatic hydroxyl groups is 1. The summed E-state index contributed by atoms with van der Waals surface area (Å²) in [6, 6.07) is 18.4. The van der Waals surface area contributed by atoms with Gasteiger partial charge in [-0.3, -0.25) is 4.98 Å². The number of aromatic carboxylic acids is 2. The number of aromatic nitrogens is 1. The quantitative estimate of drug-likeness (QED) is 0.277. The highest BCUT2D eigenvalue weighted by molar-refractivity contribution is 7.80. The molecular formula is C26H19N3O6S. The molecule has 2 atom stereocenters. The van der Waals surface area contributed by atoms with Crippen LogP contribution in [0.4, 0.5) is 5.69 Å². The minimum atomic E-state index is -1.25. The molecule has 2 aromatic carbocycles. The van der Waals surface area contributed by atoms with E-state index < -0.39 is 24.0 Å². The van der Waals surface area contributed by atoms with E-state index in [2.05, 4.69) is 10.3 Å². The molecule has 1 saturated heterocycles. The molecule has 4 aromatic rings. The second kappa shape index (κ2) is 9.16. The molecule has 0 amide bonds. The Hall–Kier alpha value is -4.70. The highest BCUT2D eigenvalue weighted by Gasteiger charge is 2.43. The molecule has 0 radical (unpaired) electrons. The van der Waals surface area contributed by atoms with Gasteiger partial charge in [0.1, 0.15) is 23.3 Å². The number of phenols is 1. The van der Waals surface area contributed by atoms with Crippen LogP contribution in [0.25, 0.3) is 11.3 Å². The Kier molecular flexibility index (Phi) is 5.87. The second-order valence-electron chi connectivity index (χ2n) is 8.10. The van der Waals surface area contributed by atoms with Crippen LogP contribution < -0.4 is 10.2 Å². The lowest BCUT2D eigenvalue weighted by Gasteiger charge is -2.26.